The van der Waals surface area contributed by atoms with Crippen LogP contribution in [-0.4, -0.2) is 24.9 Å². The minimum atomic E-state index is 0.151. The van der Waals surface area contributed by atoms with Gasteiger partial charge >= 0.3 is 0 Å². The molecule has 0 aliphatic rings. The predicted molar refractivity (Wildman–Crippen MR) is 60.3 cm³/mol. The van der Waals surface area contributed by atoms with Crippen molar-refractivity contribution in [2.24, 2.45) is 5.92 Å². The third kappa shape index (κ3) is 5.40. The van der Waals surface area contributed by atoms with Gasteiger partial charge in [-0.25, -0.2) is 0 Å². The molecule has 0 saturated carbocycles. The third-order valence-electron chi connectivity index (χ3n) is 2.63. The molecule has 2 unspecified atom stereocenters. The van der Waals surface area contributed by atoms with E-state index in [9.17, 15) is 0 Å². The summed E-state index contributed by atoms with van der Waals surface area (Å²) in [6, 6.07) is 0. The smallest absolute Gasteiger partial charge is 0.0639 e. The van der Waals surface area contributed by atoms with Crippen LogP contribution in [0.3, 0.4) is 0 Å². The van der Waals surface area contributed by atoms with Crippen molar-refractivity contribution in [3.8, 4) is 0 Å². The van der Waals surface area contributed by atoms with E-state index in [1.54, 1.807) is 7.11 Å². The molecule has 0 aromatic heterocycles. The van der Waals surface area contributed by atoms with E-state index in [1.807, 2.05) is 6.92 Å². The van der Waals surface area contributed by atoms with Crippen LogP contribution < -0.4 is 0 Å². The molecule has 0 radical (unpaired) electrons. The van der Waals surface area contributed by atoms with Gasteiger partial charge in [-0.1, -0.05) is 31.9 Å². The summed E-state index contributed by atoms with van der Waals surface area (Å²) in [6.45, 7) is 6.51. The second-order valence-electron chi connectivity index (χ2n) is 3.98. The minimum Gasteiger partial charge on any atom is -0.392 e. The largest absolute Gasteiger partial charge is 0.392 e. The SMILES string of the molecule is CCCC(C)C(C/C=C(\C)CO)OC. The van der Waals surface area contributed by atoms with Gasteiger partial charge in [0.15, 0.2) is 0 Å². The Kier molecular flexibility index (Phi) is 7.81. The van der Waals surface area contributed by atoms with Crippen molar-refractivity contribution >= 4 is 0 Å². The molecule has 0 rings (SSSR count). The topological polar surface area (TPSA) is 29.5 Å². The van der Waals surface area contributed by atoms with Crippen molar-refractivity contribution in [2.45, 2.75) is 46.1 Å². The molecule has 0 saturated heterocycles. The van der Waals surface area contributed by atoms with E-state index in [0.717, 1.165) is 12.0 Å². The molecule has 0 aromatic carbocycles. The summed E-state index contributed by atoms with van der Waals surface area (Å²) in [5, 5.41) is 8.85. The van der Waals surface area contributed by atoms with E-state index in [4.69, 9.17) is 9.84 Å². The summed E-state index contributed by atoms with van der Waals surface area (Å²) in [4.78, 5) is 0. The first-order valence-electron chi connectivity index (χ1n) is 5.44. The zero-order chi connectivity index (χ0) is 11.0. The van der Waals surface area contributed by atoms with Crippen molar-refractivity contribution < 1.29 is 9.84 Å². The Morgan fingerprint density at radius 3 is 2.57 bits per heavy atom. The van der Waals surface area contributed by atoms with E-state index >= 15 is 0 Å². The van der Waals surface area contributed by atoms with Gasteiger partial charge in [-0.15, -0.1) is 0 Å². The molecule has 2 heteroatoms. The Morgan fingerprint density at radius 1 is 1.50 bits per heavy atom. The fraction of sp³-hybridized carbons (Fsp3) is 0.833. The van der Waals surface area contributed by atoms with Gasteiger partial charge in [0.25, 0.3) is 0 Å². The maximum Gasteiger partial charge on any atom is 0.0639 e. The van der Waals surface area contributed by atoms with Crippen LogP contribution in [0.5, 0.6) is 0 Å². The van der Waals surface area contributed by atoms with Gasteiger partial charge in [0.05, 0.1) is 12.7 Å². The zero-order valence-electron chi connectivity index (χ0n) is 9.92. The standard InChI is InChI=1S/C12H24O2/c1-5-6-11(3)12(14-4)8-7-10(2)9-13/h7,11-13H,5-6,8-9H2,1-4H3/b10-7+. The maximum absolute atomic E-state index is 8.85. The second kappa shape index (κ2) is 8.01. The van der Waals surface area contributed by atoms with Crippen molar-refractivity contribution in [3.05, 3.63) is 11.6 Å². The molecule has 0 aliphatic heterocycles. The molecule has 0 heterocycles. The van der Waals surface area contributed by atoms with Crippen LogP contribution in [0.1, 0.15) is 40.0 Å². The molecule has 84 valence electrons. The maximum atomic E-state index is 8.85. The summed E-state index contributed by atoms with van der Waals surface area (Å²) in [6.07, 6.45) is 5.66. The summed E-state index contributed by atoms with van der Waals surface area (Å²) in [5.74, 6) is 0.591. The zero-order valence-corrected chi connectivity index (χ0v) is 9.92. The van der Waals surface area contributed by atoms with Gasteiger partial charge in [-0.3, -0.25) is 0 Å². The number of aliphatic hydroxyl groups excluding tert-OH is 1. The van der Waals surface area contributed by atoms with Crippen LogP contribution in [0.2, 0.25) is 0 Å². The quantitative estimate of drug-likeness (QED) is 0.640. The molecule has 14 heavy (non-hydrogen) atoms. The number of rotatable bonds is 7. The van der Waals surface area contributed by atoms with Crippen LogP contribution in [0, 0.1) is 5.92 Å². The first-order chi connectivity index (χ1) is 6.65. The molecule has 0 fully saturated rings. The highest BCUT2D eigenvalue weighted by Gasteiger charge is 2.14. The number of methoxy groups -OCH3 is 1. The van der Waals surface area contributed by atoms with E-state index in [-0.39, 0.29) is 12.7 Å². The van der Waals surface area contributed by atoms with E-state index in [0.29, 0.717) is 5.92 Å². The number of hydrogen-bond donors (Lipinski definition) is 1. The molecule has 0 aromatic rings. The summed E-state index contributed by atoms with van der Waals surface area (Å²) < 4.78 is 5.43. The van der Waals surface area contributed by atoms with Gasteiger partial charge in [0.2, 0.25) is 0 Å². The van der Waals surface area contributed by atoms with Crippen molar-refractivity contribution in [3.63, 3.8) is 0 Å². The van der Waals surface area contributed by atoms with Crippen molar-refractivity contribution in [1.82, 2.24) is 0 Å². The van der Waals surface area contributed by atoms with Crippen LogP contribution in [0.4, 0.5) is 0 Å². The Balaban J connectivity index is 4.01. The summed E-state index contributed by atoms with van der Waals surface area (Å²) in [5.41, 5.74) is 1.02. The first-order valence-corrected chi connectivity index (χ1v) is 5.44. The Bertz CT molecular complexity index is 164. The number of ether oxygens (including phenoxy) is 1. The van der Waals surface area contributed by atoms with Crippen molar-refractivity contribution in [2.75, 3.05) is 13.7 Å². The highest BCUT2D eigenvalue weighted by Crippen LogP contribution is 2.17. The lowest BCUT2D eigenvalue weighted by Gasteiger charge is -2.21. The van der Waals surface area contributed by atoms with Gasteiger partial charge in [0.1, 0.15) is 0 Å². The van der Waals surface area contributed by atoms with Gasteiger partial charge in [0, 0.05) is 7.11 Å². The van der Waals surface area contributed by atoms with Gasteiger partial charge in [-0.05, 0) is 25.7 Å². The molecule has 2 nitrogen and oxygen atoms in total. The molecular formula is C12H24O2. The molecule has 0 aliphatic carbocycles. The monoisotopic (exact) mass is 200 g/mol. The van der Waals surface area contributed by atoms with E-state index < -0.39 is 0 Å². The van der Waals surface area contributed by atoms with E-state index in [1.165, 1.54) is 12.8 Å². The lowest BCUT2D eigenvalue weighted by Crippen LogP contribution is -2.19. The van der Waals surface area contributed by atoms with Crippen LogP contribution in [0.15, 0.2) is 11.6 Å². The average Bonchev–Trinajstić information content (AvgIpc) is 2.18. The summed E-state index contributed by atoms with van der Waals surface area (Å²) in [7, 11) is 1.76. The first kappa shape index (κ1) is 13.7. The Labute approximate surface area is 88.0 Å². The van der Waals surface area contributed by atoms with Crippen LogP contribution >= 0.6 is 0 Å². The lowest BCUT2D eigenvalue weighted by atomic mass is 9.96. The Hall–Kier alpha value is -0.340. The summed E-state index contributed by atoms with van der Waals surface area (Å²) >= 11 is 0. The van der Waals surface area contributed by atoms with Gasteiger partial charge in [-0.2, -0.15) is 0 Å². The highest BCUT2D eigenvalue weighted by atomic mass is 16.5. The fourth-order valence-corrected chi connectivity index (χ4v) is 1.58. The molecule has 2 atom stereocenters. The molecular weight excluding hydrogens is 176 g/mol. The van der Waals surface area contributed by atoms with Crippen LogP contribution in [-0.2, 0) is 4.74 Å². The average molecular weight is 200 g/mol. The number of aliphatic hydroxyl groups is 1. The lowest BCUT2D eigenvalue weighted by molar-refractivity contribution is 0.0573. The molecule has 0 spiro atoms. The van der Waals surface area contributed by atoms with Crippen molar-refractivity contribution in [1.29, 1.82) is 0 Å². The number of hydrogen-bond acceptors (Lipinski definition) is 2. The fourth-order valence-electron chi connectivity index (χ4n) is 1.58. The molecule has 0 amide bonds. The second-order valence-corrected chi connectivity index (χ2v) is 3.98. The third-order valence-corrected chi connectivity index (χ3v) is 2.63. The minimum absolute atomic E-state index is 0.151. The normalized spacial score (nSPS) is 16.8. The molecule has 0 bridgehead atoms. The predicted octanol–water partition coefficient (Wildman–Crippen LogP) is 2.77. The Morgan fingerprint density at radius 2 is 2.14 bits per heavy atom. The highest BCUT2D eigenvalue weighted by molar-refractivity contribution is 4.98. The van der Waals surface area contributed by atoms with E-state index in [2.05, 4.69) is 19.9 Å². The van der Waals surface area contributed by atoms with Gasteiger partial charge < -0.3 is 9.84 Å². The van der Waals surface area contributed by atoms with Crippen LogP contribution in [0.25, 0.3) is 0 Å². The molecule has 1 N–H and O–H groups in total.